The third-order valence-corrected chi connectivity index (χ3v) is 9.76. The fourth-order valence-corrected chi connectivity index (χ4v) is 7.40. The molecule has 0 fully saturated rings. The van der Waals surface area contributed by atoms with Crippen molar-refractivity contribution < 1.29 is 22.7 Å². The minimum atomic E-state index is -4.08. The SMILES string of the molecule is Cc1cccc(C)c1-c1cc2nc(n1)NS(=O)(=O)c1cccc(c1)C1O[n+]3c(ccc4cccnc43)CN1[C@H](CC(C)(C)C)CO2. The second kappa shape index (κ2) is 11.3. The number of rotatable bonds is 2. The highest BCUT2D eigenvalue weighted by molar-refractivity contribution is 7.92. The van der Waals surface area contributed by atoms with Crippen molar-refractivity contribution in [1.82, 2.24) is 19.9 Å². The molecule has 7 rings (SSSR count). The summed E-state index contributed by atoms with van der Waals surface area (Å²) in [4.78, 5) is 22.9. The summed E-state index contributed by atoms with van der Waals surface area (Å²) in [5, 5.41) is 0.942. The Morgan fingerprint density at radius 3 is 2.54 bits per heavy atom. The summed E-state index contributed by atoms with van der Waals surface area (Å²) in [6.07, 6.45) is 1.89. The lowest BCUT2D eigenvalue weighted by Crippen LogP contribution is -2.61. The van der Waals surface area contributed by atoms with E-state index in [1.54, 1.807) is 35.2 Å². The number of nitrogens with one attached hydrogen (secondary N) is 1. The van der Waals surface area contributed by atoms with E-state index in [2.05, 4.69) is 51.4 Å². The van der Waals surface area contributed by atoms with E-state index in [1.807, 2.05) is 56.3 Å². The number of hydrogen-bond acceptors (Lipinski definition) is 8. The first-order valence-corrected chi connectivity index (χ1v) is 16.9. The van der Waals surface area contributed by atoms with Crippen molar-refractivity contribution in [3.05, 3.63) is 101 Å². The van der Waals surface area contributed by atoms with E-state index in [0.717, 1.165) is 34.2 Å². The molecule has 0 aliphatic carbocycles. The minimum Gasteiger partial charge on any atom is -0.476 e. The summed E-state index contributed by atoms with van der Waals surface area (Å²) in [5.74, 6) is 0.233. The number of ether oxygens (including phenoxy) is 1. The van der Waals surface area contributed by atoms with Crippen LogP contribution in [0, 0.1) is 19.3 Å². The number of sulfonamides is 1. The Morgan fingerprint density at radius 1 is 0.978 bits per heavy atom. The van der Waals surface area contributed by atoms with E-state index >= 15 is 0 Å². The van der Waals surface area contributed by atoms with Crippen LogP contribution in [0.2, 0.25) is 0 Å². The number of hydrogen-bond donors (Lipinski definition) is 1. The van der Waals surface area contributed by atoms with Gasteiger partial charge in [-0.1, -0.05) is 51.1 Å². The summed E-state index contributed by atoms with van der Waals surface area (Å²) in [6.45, 7) is 11.4. The van der Waals surface area contributed by atoms with Gasteiger partial charge in [-0.15, -0.1) is 0 Å². The maximum absolute atomic E-state index is 13.8. The van der Waals surface area contributed by atoms with Crippen LogP contribution in [0.1, 0.15) is 55.8 Å². The molecule has 0 amide bonds. The molecule has 0 radical (unpaired) electrons. The first-order chi connectivity index (χ1) is 21.9. The predicted molar refractivity (Wildman–Crippen MR) is 174 cm³/mol. The molecule has 2 atom stereocenters. The number of aromatic nitrogens is 4. The van der Waals surface area contributed by atoms with Crippen molar-refractivity contribution >= 4 is 27.0 Å². The van der Waals surface area contributed by atoms with Gasteiger partial charge in [0.15, 0.2) is 5.69 Å². The highest BCUT2D eigenvalue weighted by atomic mass is 32.2. The van der Waals surface area contributed by atoms with Crippen molar-refractivity contribution in [2.45, 2.75) is 64.7 Å². The summed E-state index contributed by atoms with van der Waals surface area (Å²) in [5.41, 5.74) is 5.78. The van der Waals surface area contributed by atoms with Crippen molar-refractivity contribution in [2.24, 2.45) is 5.41 Å². The van der Waals surface area contributed by atoms with Gasteiger partial charge in [0.05, 0.1) is 22.5 Å². The van der Waals surface area contributed by atoms with Crippen LogP contribution in [0.3, 0.4) is 0 Å². The average molecular weight is 638 g/mol. The zero-order valence-corrected chi connectivity index (χ0v) is 27.4. The van der Waals surface area contributed by atoms with Gasteiger partial charge in [-0.05, 0) is 82.9 Å². The van der Waals surface area contributed by atoms with Crippen LogP contribution in [0.4, 0.5) is 5.95 Å². The summed E-state index contributed by atoms with van der Waals surface area (Å²) in [6, 6.07) is 22.5. The Morgan fingerprint density at radius 2 is 1.76 bits per heavy atom. The van der Waals surface area contributed by atoms with E-state index in [1.165, 1.54) is 0 Å². The normalized spacial score (nSPS) is 19.2. The van der Waals surface area contributed by atoms with Gasteiger partial charge in [-0.2, -0.15) is 4.98 Å². The van der Waals surface area contributed by atoms with Gasteiger partial charge in [-0.25, -0.2) is 23.0 Å². The summed E-state index contributed by atoms with van der Waals surface area (Å²) in [7, 11) is -4.08. The lowest BCUT2D eigenvalue weighted by Gasteiger charge is -2.41. The third kappa shape index (κ3) is 5.76. The van der Waals surface area contributed by atoms with Crippen LogP contribution in [-0.2, 0) is 16.6 Å². The van der Waals surface area contributed by atoms with Crippen LogP contribution in [0.25, 0.3) is 22.3 Å². The first kappa shape index (κ1) is 30.1. The second-order valence-electron chi connectivity index (χ2n) is 13.3. The zero-order chi connectivity index (χ0) is 32.2. The molecule has 1 unspecified atom stereocenters. The molecule has 2 aliphatic rings. The van der Waals surface area contributed by atoms with Crippen LogP contribution in [0.15, 0.2) is 83.9 Å². The molecule has 10 nitrogen and oxygen atoms in total. The summed E-state index contributed by atoms with van der Waals surface area (Å²) < 4.78 is 38.6. The lowest BCUT2D eigenvalue weighted by molar-refractivity contribution is -0.900. The van der Waals surface area contributed by atoms with Crippen molar-refractivity contribution in [3.63, 3.8) is 0 Å². The Balaban J connectivity index is 1.40. The number of benzene rings is 2. The number of anilines is 1. The minimum absolute atomic E-state index is 0.0540. The second-order valence-corrected chi connectivity index (χ2v) is 14.9. The zero-order valence-electron chi connectivity index (χ0n) is 26.6. The van der Waals surface area contributed by atoms with E-state index in [4.69, 9.17) is 9.57 Å². The largest absolute Gasteiger partial charge is 0.476 e. The first-order valence-electron chi connectivity index (χ1n) is 15.4. The quantitative estimate of drug-likeness (QED) is 0.252. The van der Waals surface area contributed by atoms with Gasteiger partial charge in [-0.3, -0.25) is 0 Å². The van der Waals surface area contributed by atoms with Crippen LogP contribution < -0.4 is 19.0 Å². The molecule has 2 aromatic carbocycles. The Kier molecular flexibility index (Phi) is 7.40. The fourth-order valence-electron chi connectivity index (χ4n) is 6.40. The molecule has 46 heavy (non-hydrogen) atoms. The highest BCUT2D eigenvalue weighted by Gasteiger charge is 2.40. The van der Waals surface area contributed by atoms with Crippen LogP contribution >= 0.6 is 0 Å². The molecule has 4 bridgehead atoms. The van der Waals surface area contributed by atoms with Crippen molar-refractivity contribution in [1.29, 1.82) is 0 Å². The van der Waals surface area contributed by atoms with E-state index in [9.17, 15) is 8.42 Å². The molecular weight excluding hydrogens is 600 g/mol. The van der Waals surface area contributed by atoms with Crippen LogP contribution in [-0.4, -0.2) is 40.9 Å². The predicted octanol–water partition coefficient (Wildman–Crippen LogP) is 5.54. The fraction of sp³-hybridized carbons (Fsp3) is 0.314. The molecule has 1 N–H and O–H groups in total. The number of nitrogens with zero attached hydrogens (tertiary/aromatic N) is 5. The number of aryl methyl sites for hydroxylation is 2. The average Bonchev–Trinajstić information content (AvgIpc) is 3.01. The molecule has 0 spiro atoms. The number of pyridine rings is 2. The summed E-state index contributed by atoms with van der Waals surface area (Å²) >= 11 is 0. The Hall–Kier alpha value is -4.61. The third-order valence-electron chi connectivity index (χ3n) is 8.44. The molecule has 0 saturated carbocycles. The molecular formula is C35H37N6O4S+. The Bertz CT molecular complexity index is 2060. The number of fused-ring (bicyclic) bond motifs is 9. The maximum Gasteiger partial charge on any atom is 0.369 e. The monoisotopic (exact) mass is 637 g/mol. The smallest absolute Gasteiger partial charge is 0.369 e. The lowest BCUT2D eigenvalue weighted by atomic mass is 9.87. The van der Waals surface area contributed by atoms with Gasteiger partial charge in [0, 0.05) is 23.2 Å². The molecule has 236 valence electrons. The van der Waals surface area contributed by atoms with E-state index in [0.29, 0.717) is 23.4 Å². The molecule has 5 aromatic rings. The molecule has 0 saturated heterocycles. The Labute approximate surface area is 269 Å². The van der Waals surface area contributed by atoms with Gasteiger partial charge >= 0.3 is 5.65 Å². The van der Waals surface area contributed by atoms with Crippen molar-refractivity contribution in [3.8, 4) is 17.1 Å². The van der Waals surface area contributed by atoms with Gasteiger partial charge in [0.25, 0.3) is 10.0 Å². The molecule has 5 heterocycles. The molecule has 3 aromatic heterocycles. The molecule has 11 heteroatoms. The maximum atomic E-state index is 13.8. The highest BCUT2D eigenvalue weighted by Crippen LogP contribution is 2.35. The van der Waals surface area contributed by atoms with Gasteiger partial charge in [0.2, 0.25) is 18.1 Å². The van der Waals surface area contributed by atoms with Crippen LogP contribution in [0.5, 0.6) is 5.88 Å². The topological polar surface area (TPSA) is 110 Å². The van der Waals surface area contributed by atoms with Gasteiger partial charge < -0.3 is 9.57 Å². The standard InChI is InChI=1S/C35H37N6O4S/c1-22-9-6-10-23(2)31(22)29-18-30-38-34(37-29)39-46(42,43)28-13-7-11-25(17-28)33-40(27(21-44-30)19-35(3,4)5)20-26-15-14-24-12-8-16-36-32(24)41(26)45-33/h6-18,27,33H,19-21H2,1-5H3,(H,37,38,39)/q+1/t27-,33?/m1/s1. The molecule has 2 aliphatic heterocycles. The van der Waals surface area contributed by atoms with E-state index in [-0.39, 0.29) is 34.8 Å². The van der Waals surface area contributed by atoms with E-state index < -0.39 is 16.3 Å². The van der Waals surface area contributed by atoms with Crippen molar-refractivity contribution in [2.75, 3.05) is 11.3 Å². The van der Waals surface area contributed by atoms with Gasteiger partial charge in [0.1, 0.15) is 12.8 Å².